The summed E-state index contributed by atoms with van der Waals surface area (Å²) in [6.07, 6.45) is 1.41. The molecular formula is C13H17N5O. The summed E-state index contributed by atoms with van der Waals surface area (Å²) in [7, 11) is 0. The first kappa shape index (κ1) is 13.3. The highest BCUT2D eigenvalue weighted by atomic mass is 16.1. The van der Waals surface area contributed by atoms with Crippen molar-refractivity contribution in [3.8, 4) is 6.07 Å². The van der Waals surface area contributed by atoms with Gasteiger partial charge in [0.15, 0.2) is 5.82 Å². The molecule has 6 nitrogen and oxygen atoms in total. The fraction of sp³-hybridized carbons (Fsp3) is 0.538. The van der Waals surface area contributed by atoms with Gasteiger partial charge in [0.1, 0.15) is 11.6 Å². The first-order valence-electron chi connectivity index (χ1n) is 6.32. The highest BCUT2D eigenvalue weighted by Gasteiger charge is 2.26. The number of primary amides is 1. The van der Waals surface area contributed by atoms with Crippen molar-refractivity contribution in [2.45, 2.75) is 26.7 Å². The number of piperidine rings is 1. The van der Waals surface area contributed by atoms with Crippen LogP contribution in [0.2, 0.25) is 0 Å². The van der Waals surface area contributed by atoms with E-state index in [1.54, 1.807) is 0 Å². The summed E-state index contributed by atoms with van der Waals surface area (Å²) >= 11 is 0. The predicted molar refractivity (Wildman–Crippen MR) is 70.4 cm³/mol. The topological polar surface area (TPSA) is 95.9 Å². The lowest BCUT2D eigenvalue weighted by molar-refractivity contribution is -0.122. The van der Waals surface area contributed by atoms with Gasteiger partial charge in [0.05, 0.1) is 5.69 Å². The minimum atomic E-state index is -0.244. The molecule has 1 aliphatic rings. The third-order valence-electron chi connectivity index (χ3n) is 3.74. The van der Waals surface area contributed by atoms with Crippen LogP contribution < -0.4 is 10.6 Å². The molecule has 0 saturated carbocycles. The zero-order valence-corrected chi connectivity index (χ0v) is 11.2. The molecule has 1 aromatic rings. The Hall–Kier alpha value is -2.16. The number of carbonyl (C=O) groups excluding carboxylic acids is 1. The lowest BCUT2D eigenvalue weighted by Crippen LogP contribution is -2.39. The Morgan fingerprint density at radius 2 is 2.00 bits per heavy atom. The molecule has 2 rings (SSSR count). The van der Waals surface area contributed by atoms with E-state index in [-0.39, 0.29) is 11.8 Å². The zero-order chi connectivity index (χ0) is 14.0. The maximum absolute atomic E-state index is 11.1. The van der Waals surface area contributed by atoms with E-state index >= 15 is 0 Å². The second kappa shape index (κ2) is 5.22. The van der Waals surface area contributed by atoms with Crippen molar-refractivity contribution in [1.29, 1.82) is 5.26 Å². The summed E-state index contributed by atoms with van der Waals surface area (Å²) in [5.41, 5.74) is 7.52. The largest absolute Gasteiger partial charge is 0.369 e. The van der Waals surface area contributed by atoms with Crippen LogP contribution >= 0.6 is 0 Å². The smallest absolute Gasteiger partial charge is 0.220 e. The Bertz CT molecular complexity index is 541. The van der Waals surface area contributed by atoms with E-state index in [9.17, 15) is 10.1 Å². The number of aromatic nitrogens is 2. The van der Waals surface area contributed by atoms with Crippen molar-refractivity contribution in [1.82, 2.24) is 10.2 Å². The lowest BCUT2D eigenvalue weighted by atomic mass is 9.96. The van der Waals surface area contributed by atoms with Gasteiger partial charge in [-0.25, -0.2) is 0 Å². The van der Waals surface area contributed by atoms with Crippen molar-refractivity contribution in [2.24, 2.45) is 11.7 Å². The van der Waals surface area contributed by atoms with Crippen molar-refractivity contribution < 1.29 is 4.79 Å². The second-order valence-electron chi connectivity index (χ2n) is 4.88. The molecule has 6 heteroatoms. The van der Waals surface area contributed by atoms with E-state index in [2.05, 4.69) is 16.3 Å². The summed E-state index contributed by atoms with van der Waals surface area (Å²) < 4.78 is 0. The third-order valence-corrected chi connectivity index (χ3v) is 3.74. The van der Waals surface area contributed by atoms with Crippen LogP contribution in [0.15, 0.2) is 0 Å². The Labute approximate surface area is 112 Å². The van der Waals surface area contributed by atoms with Gasteiger partial charge in [-0.3, -0.25) is 4.79 Å². The van der Waals surface area contributed by atoms with E-state index in [0.717, 1.165) is 11.3 Å². The number of carbonyl (C=O) groups is 1. The molecule has 1 fully saturated rings. The molecule has 2 heterocycles. The molecule has 19 heavy (non-hydrogen) atoms. The molecule has 1 aromatic heterocycles. The van der Waals surface area contributed by atoms with Crippen LogP contribution in [0.4, 0.5) is 5.82 Å². The van der Waals surface area contributed by atoms with E-state index in [0.29, 0.717) is 37.3 Å². The highest BCUT2D eigenvalue weighted by molar-refractivity contribution is 5.77. The van der Waals surface area contributed by atoms with Gasteiger partial charge in [0.2, 0.25) is 5.91 Å². The average Bonchev–Trinajstić information content (AvgIpc) is 2.41. The summed E-state index contributed by atoms with van der Waals surface area (Å²) in [5, 5.41) is 17.5. The van der Waals surface area contributed by atoms with Gasteiger partial charge < -0.3 is 10.6 Å². The van der Waals surface area contributed by atoms with Gasteiger partial charge >= 0.3 is 0 Å². The molecule has 0 radical (unpaired) electrons. The van der Waals surface area contributed by atoms with Crippen LogP contribution in [0.5, 0.6) is 0 Å². The normalized spacial score (nSPS) is 16.2. The molecular weight excluding hydrogens is 242 g/mol. The Morgan fingerprint density at radius 1 is 1.37 bits per heavy atom. The number of aryl methyl sites for hydroxylation is 1. The summed E-state index contributed by atoms with van der Waals surface area (Å²) in [6, 6.07) is 2.20. The molecule has 0 aliphatic carbocycles. The molecule has 1 saturated heterocycles. The lowest BCUT2D eigenvalue weighted by Gasteiger charge is -2.31. The fourth-order valence-corrected chi connectivity index (χ4v) is 2.33. The monoisotopic (exact) mass is 259 g/mol. The van der Waals surface area contributed by atoms with E-state index in [1.807, 2.05) is 18.7 Å². The van der Waals surface area contributed by atoms with Crippen LogP contribution in [0.25, 0.3) is 0 Å². The number of anilines is 1. The number of rotatable bonds is 2. The molecule has 1 aliphatic heterocycles. The van der Waals surface area contributed by atoms with Crippen LogP contribution in [0, 0.1) is 31.1 Å². The maximum atomic E-state index is 11.1. The number of nitriles is 1. The molecule has 0 atom stereocenters. The second-order valence-corrected chi connectivity index (χ2v) is 4.88. The van der Waals surface area contributed by atoms with Crippen LogP contribution in [0.1, 0.15) is 29.7 Å². The van der Waals surface area contributed by atoms with Gasteiger partial charge in [-0.2, -0.15) is 10.4 Å². The SMILES string of the molecule is Cc1nnc(N2CCC(C(N)=O)CC2)c(C#N)c1C. The van der Waals surface area contributed by atoms with Crippen molar-refractivity contribution in [3.63, 3.8) is 0 Å². The molecule has 1 amide bonds. The minimum Gasteiger partial charge on any atom is -0.369 e. The van der Waals surface area contributed by atoms with Crippen LogP contribution in [0.3, 0.4) is 0 Å². The third kappa shape index (κ3) is 2.50. The molecule has 0 aromatic carbocycles. The Kier molecular flexibility index (Phi) is 3.65. The average molecular weight is 259 g/mol. The maximum Gasteiger partial charge on any atom is 0.220 e. The summed E-state index contributed by atoms with van der Waals surface area (Å²) in [5.74, 6) is 0.307. The number of nitrogens with two attached hydrogens (primary N) is 1. The first-order valence-corrected chi connectivity index (χ1v) is 6.32. The highest BCUT2D eigenvalue weighted by Crippen LogP contribution is 2.26. The van der Waals surface area contributed by atoms with Crippen molar-refractivity contribution in [3.05, 3.63) is 16.8 Å². The van der Waals surface area contributed by atoms with Crippen molar-refractivity contribution in [2.75, 3.05) is 18.0 Å². The van der Waals surface area contributed by atoms with Crippen molar-refractivity contribution >= 4 is 11.7 Å². The van der Waals surface area contributed by atoms with Gasteiger partial charge in [0.25, 0.3) is 0 Å². The van der Waals surface area contributed by atoms with E-state index in [1.165, 1.54) is 0 Å². The Morgan fingerprint density at radius 3 is 2.53 bits per heavy atom. The number of amides is 1. The molecule has 0 unspecified atom stereocenters. The van der Waals surface area contributed by atoms with Crippen LogP contribution in [-0.4, -0.2) is 29.2 Å². The number of nitrogens with zero attached hydrogens (tertiary/aromatic N) is 4. The van der Waals surface area contributed by atoms with E-state index < -0.39 is 0 Å². The summed E-state index contributed by atoms with van der Waals surface area (Å²) in [4.78, 5) is 13.2. The number of hydrogen-bond donors (Lipinski definition) is 1. The molecule has 100 valence electrons. The van der Waals surface area contributed by atoms with Gasteiger partial charge in [-0.1, -0.05) is 0 Å². The molecule has 0 spiro atoms. The fourth-order valence-electron chi connectivity index (χ4n) is 2.33. The van der Waals surface area contributed by atoms with Crippen LogP contribution in [-0.2, 0) is 4.79 Å². The first-order chi connectivity index (χ1) is 9.04. The molecule has 2 N–H and O–H groups in total. The van der Waals surface area contributed by atoms with Gasteiger partial charge in [-0.05, 0) is 32.3 Å². The van der Waals surface area contributed by atoms with Gasteiger partial charge in [0, 0.05) is 19.0 Å². The zero-order valence-electron chi connectivity index (χ0n) is 11.2. The van der Waals surface area contributed by atoms with E-state index in [4.69, 9.17) is 5.73 Å². The molecule has 0 bridgehead atoms. The summed E-state index contributed by atoms with van der Waals surface area (Å²) in [6.45, 7) is 5.08. The standard InChI is InChI=1S/C13H17N5O/c1-8-9(2)16-17-13(11(8)7-14)18-5-3-10(4-6-18)12(15)19/h10H,3-6H2,1-2H3,(H2,15,19). The minimum absolute atomic E-state index is 0.0682. The predicted octanol–water partition coefficient (Wildman–Crippen LogP) is 0.667. The number of hydrogen-bond acceptors (Lipinski definition) is 5. The quantitative estimate of drug-likeness (QED) is 0.842. The van der Waals surface area contributed by atoms with Gasteiger partial charge in [-0.15, -0.1) is 5.10 Å². The Balaban J connectivity index is 2.23.